The number of anilines is 1. The first-order valence-electron chi connectivity index (χ1n) is 9.50. The minimum atomic E-state index is -0.238. The lowest BCUT2D eigenvalue weighted by molar-refractivity contribution is -0.122. The van der Waals surface area contributed by atoms with Crippen molar-refractivity contribution in [2.75, 3.05) is 38.4 Å². The second kappa shape index (κ2) is 8.48. The predicted octanol–water partition coefficient (Wildman–Crippen LogP) is 1.03. The van der Waals surface area contributed by atoms with Gasteiger partial charge in [0.2, 0.25) is 0 Å². The molecule has 2 fully saturated rings. The summed E-state index contributed by atoms with van der Waals surface area (Å²) in [6.07, 6.45) is 2.36. The van der Waals surface area contributed by atoms with E-state index in [9.17, 15) is 4.79 Å². The van der Waals surface area contributed by atoms with Crippen LogP contribution in [0.5, 0.6) is 0 Å². The van der Waals surface area contributed by atoms with E-state index in [1.165, 1.54) is 0 Å². The Kier molecular flexibility index (Phi) is 6.00. The highest BCUT2D eigenvalue weighted by atomic mass is 79.9. The largest absolute Gasteiger partial charge is 0.382 e. The van der Waals surface area contributed by atoms with Gasteiger partial charge in [0.15, 0.2) is 0 Å². The topological polar surface area (TPSA) is 78.1 Å². The van der Waals surface area contributed by atoms with Gasteiger partial charge in [-0.05, 0) is 37.1 Å². The molecule has 1 aromatic rings. The van der Waals surface area contributed by atoms with Gasteiger partial charge < -0.3 is 14.8 Å². The Labute approximate surface area is 173 Å². The Bertz CT molecular complexity index is 774. The fraction of sp³-hybridized carbons (Fsp3) is 0.526. The highest BCUT2D eigenvalue weighted by Crippen LogP contribution is 2.27. The highest BCUT2D eigenvalue weighted by Gasteiger charge is 2.39. The molecule has 28 heavy (non-hydrogen) atoms. The number of methoxy groups -OCH3 is 1. The monoisotopic (exact) mass is 451 g/mol. The van der Waals surface area contributed by atoms with Gasteiger partial charge in [-0.15, -0.1) is 0 Å². The molecule has 2 saturated heterocycles. The summed E-state index contributed by atoms with van der Waals surface area (Å²) in [7, 11) is 1.69. The Morgan fingerprint density at radius 1 is 1.36 bits per heavy atom. The number of carbonyl (C=O) groups is 1. The second-order valence-electron chi connectivity index (χ2n) is 7.26. The van der Waals surface area contributed by atoms with Crippen molar-refractivity contribution in [2.24, 2.45) is 0 Å². The second-order valence-corrected chi connectivity index (χ2v) is 8.18. The van der Waals surface area contributed by atoms with E-state index in [1.807, 2.05) is 30.3 Å². The Balaban J connectivity index is 1.44. The average molecular weight is 452 g/mol. The summed E-state index contributed by atoms with van der Waals surface area (Å²) in [4.78, 5) is 14.9. The molecule has 2 unspecified atom stereocenters. The third-order valence-electron chi connectivity index (χ3n) is 5.31. The molecular weight excluding hydrogens is 426 g/mol. The Morgan fingerprint density at radius 3 is 3.00 bits per heavy atom. The van der Waals surface area contributed by atoms with Gasteiger partial charge in [0.25, 0.3) is 5.91 Å². The molecule has 3 N–H and O–H groups in total. The van der Waals surface area contributed by atoms with Crippen LogP contribution in [0.4, 0.5) is 5.69 Å². The number of carbonyl (C=O) groups excluding carboxylic acids is 1. The van der Waals surface area contributed by atoms with Crippen LogP contribution >= 0.6 is 15.9 Å². The summed E-state index contributed by atoms with van der Waals surface area (Å²) in [6, 6.07) is 6.08. The standard InChI is InChI=1S/C19H26BrN5O3/c1-12-9-13(20)3-4-16(12)25-10-15-17(23-25)21-19(22-18(15)26)24-6-5-14(11-27-2)28-8-7-24/h3-4,9-10,14,17,19,21,23H,5-8,11H2,1-2H3,(H,22,26)/t14-,17?,19?/m0/s1. The molecule has 1 amide bonds. The molecule has 3 aliphatic heterocycles. The van der Waals surface area contributed by atoms with Gasteiger partial charge in [0.1, 0.15) is 12.5 Å². The van der Waals surface area contributed by atoms with Gasteiger partial charge in [-0.25, -0.2) is 5.43 Å². The Hall–Kier alpha value is -1.49. The van der Waals surface area contributed by atoms with Crippen LogP contribution in [0, 0.1) is 6.92 Å². The minimum absolute atomic E-state index is 0.0582. The molecular formula is C19H26BrN5O3. The molecule has 0 aromatic heterocycles. The number of hydrazine groups is 1. The van der Waals surface area contributed by atoms with Crippen molar-refractivity contribution in [3.8, 4) is 0 Å². The summed E-state index contributed by atoms with van der Waals surface area (Å²) in [6.45, 7) is 4.84. The van der Waals surface area contributed by atoms with Crippen molar-refractivity contribution in [1.82, 2.24) is 21.0 Å². The van der Waals surface area contributed by atoms with E-state index in [4.69, 9.17) is 9.47 Å². The van der Waals surface area contributed by atoms with Crippen molar-refractivity contribution in [3.05, 3.63) is 40.0 Å². The normalized spacial score (nSPS) is 28.5. The smallest absolute Gasteiger partial charge is 0.254 e. The van der Waals surface area contributed by atoms with Crippen molar-refractivity contribution >= 4 is 27.5 Å². The molecule has 0 radical (unpaired) electrons. The highest BCUT2D eigenvalue weighted by molar-refractivity contribution is 9.10. The predicted molar refractivity (Wildman–Crippen MR) is 109 cm³/mol. The van der Waals surface area contributed by atoms with Crippen LogP contribution in [0.1, 0.15) is 12.0 Å². The maximum atomic E-state index is 12.7. The molecule has 3 heterocycles. The number of nitrogens with zero attached hydrogens (tertiary/aromatic N) is 2. The van der Waals surface area contributed by atoms with E-state index in [2.05, 4.69) is 43.0 Å². The zero-order valence-corrected chi connectivity index (χ0v) is 17.7. The molecule has 0 aliphatic carbocycles. The maximum absolute atomic E-state index is 12.7. The minimum Gasteiger partial charge on any atom is -0.382 e. The summed E-state index contributed by atoms with van der Waals surface area (Å²) >= 11 is 3.49. The number of amides is 1. The van der Waals surface area contributed by atoms with Gasteiger partial charge in [-0.1, -0.05) is 15.9 Å². The molecule has 3 aliphatic rings. The first-order chi connectivity index (χ1) is 13.5. The number of ether oxygens (including phenoxy) is 2. The molecule has 1 aromatic carbocycles. The maximum Gasteiger partial charge on any atom is 0.254 e. The molecule has 4 rings (SSSR count). The Morgan fingerprint density at radius 2 is 2.21 bits per heavy atom. The number of halogens is 1. The molecule has 0 spiro atoms. The van der Waals surface area contributed by atoms with E-state index in [1.54, 1.807) is 7.11 Å². The van der Waals surface area contributed by atoms with Gasteiger partial charge in [-0.2, -0.15) is 0 Å². The van der Waals surface area contributed by atoms with Gasteiger partial charge in [-0.3, -0.25) is 20.0 Å². The third-order valence-corrected chi connectivity index (χ3v) is 5.80. The lowest BCUT2D eigenvalue weighted by atomic mass is 10.1. The summed E-state index contributed by atoms with van der Waals surface area (Å²) in [5.74, 6) is -0.0582. The van der Waals surface area contributed by atoms with Crippen molar-refractivity contribution in [1.29, 1.82) is 0 Å². The van der Waals surface area contributed by atoms with Crippen molar-refractivity contribution < 1.29 is 14.3 Å². The van der Waals surface area contributed by atoms with Crippen molar-refractivity contribution in [2.45, 2.75) is 31.9 Å². The number of hydrogen-bond acceptors (Lipinski definition) is 7. The zero-order valence-electron chi connectivity index (χ0n) is 16.1. The van der Waals surface area contributed by atoms with E-state index >= 15 is 0 Å². The summed E-state index contributed by atoms with van der Waals surface area (Å²) < 4.78 is 12.1. The molecule has 0 bridgehead atoms. The van der Waals surface area contributed by atoms with Crippen LogP contribution in [-0.2, 0) is 14.3 Å². The number of nitrogens with one attached hydrogen (secondary N) is 3. The van der Waals surface area contributed by atoms with Crippen LogP contribution in [0.15, 0.2) is 34.4 Å². The van der Waals surface area contributed by atoms with Crippen LogP contribution in [-0.4, -0.2) is 62.8 Å². The lowest BCUT2D eigenvalue weighted by Gasteiger charge is -2.37. The SMILES string of the molecule is COC[C@@H]1CCN(C2NC(=O)C3=CN(c4ccc(Br)cc4C)NC3N2)CCO1. The van der Waals surface area contributed by atoms with Crippen molar-refractivity contribution in [3.63, 3.8) is 0 Å². The van der Waals surface area contributed by atoms with Crippen LogP contribution in [0.2, 0.25) is 0 Å². The number of fused-ring (bicyclic) bond motifs is 1. The number of aryl methyl sites for hydroxylation is 1. The van der Waals surface area contributed by atoms with Crippen LogP contribution in [0.3, 0.4) is 0 Å². The summed E-state index contributed by atoms with van der Waals surface area (Å²) in [5, 5.41) is 8.49. The van der Waals surface area contributed by atoms with E-state index in [0.29, 0.717) is 18.8 Å². The first kappa shape index (κ1) is 19.8. The fourth-order valence-electron chi connectivity index (χ4n) is 3.83. The van der Waals surface area contributed by atoms with Gasteiger partial charge in [0.05, 0.1) is 30.6 Å². The number of hydrogen-bond donors (Lipinski definition) is 3. The molecule has 9 heteroatoms. The first-order valence-corrected chi connectivity index (χ1v) is 10.3. The van der Waals surface area contributed by atoms with Gasteiger partial charge in [0, 0.05) is 30.9 Å². The zero-order chi connectivity index (χ0) is 19.7. The van der Waals surface area contributed by atoms with E-state index < -0.39 is 0 Å². The molecule has 3 atom stereocenters. The molecule has 8 nitrogen and oxygen atoms in total. The fourth-order valence-corrected chi connectivity index (χ4v) is 4.30. The molecule has 152 valence electrons. The van der Waals surface area contributed by atoms with Gasteiger partial charge >= 0.3 is 0 Å². The van der Waals surface area contributed by atoms with Crippen LogP contribution < -0.4 is 21.1 Å². The van der Waals surface area contributed by atoms with E-state index in [0.717, 1.165) is 35.2 Å². The average Bonchev–Trinajstić information content (AvgIpc) is 2.94. The van der Waals surface area contributed by atoms with Crippen LogP contribution in [0.25, 0.3) is 0 Å². The van der Waals surface area contributed by atoms with E-state index in [-0.39, 0.29) is 24.5 Å². The third kappa shape index (κ3) is 4.10. The number of benzene rings is 1. The lowest BCUT2D eigenvalue weighted by Crippen LogP contribution is -2.67. The number of rotatable bonds is 4. The summed E-state index contributed by atoms with van der Waals surface area (Å²) in [5.41, 5.74) is 6.20. The molecule has 0 saturated carbocycles. The quantitative estimate of drug-likeness (QED) is 0.630.